The second kappa shape index (κ2) is 8.34. The second-order valence-corrected chi connectivity index (χ2v) is 8.50. The van der Waals surface area contributed by atoms with E-state index in [4.69, 9.17) is 27.9 Å². The minimum atomic E-state index is 0.0118. The van der Waals surface area contributed by atoms with Crippen LogP contribution in [0.3, 0.4) is 0 Å². The molecule has 0 radical (unpaired) electrons. The number of hydrogen-bond acceptors (Lipinski definition) is 5. The number of ketones is 1. The number of methoxy groups -OCH3 is 1. The van der Waals surface area contributed by atoms with Crippen molar-refractivity contribution in [1.29, 1.82) is 0 Å². The number of Topliss-reactive ketones (excluding diaryl/α,β-unsaturated/α-hetero) is 1. The highest BCUT2D eigenvalue weighted by Gasteiger charge is 2.18. The molecule has 30 heavy (non-hydrogen) atoms. The number of carbonyl (C=O) groups excluding carboxylic acids is 1. The number of pyridine rings is 1. The van der Waals surface area contributed by atoms with E-state index in [1.807, 2.05) is 44.2 Å². The Bertz CT molecular complexity index is 1250. The standard InChI is InChI=1S/C21H18Cl2N4O2S/c1-12-8-17(13(2)27(12)15-4-6-16(29-3)7-5-15)19(28)11-30-21-25-24-20-18(23)9-14(22)10-26(20)21/h4-10H,11H2,1-3H3. The average Bonchev–Trinajstić information content (AvgIpc) is 3.26. The van der Waals surface area contributed by atoms with Crippen molar-refractivity contribution in [2.45, 2.75) is 19.0 Å². The first-order valence-electron chi connectivity index (χ1n) is 9.08. The van der Waals surface area contributed by atoms with E-state index in [2.05, 4.69) is 14.8 Å². The maximum absolute atomic E-state index is 13.0. The van der Waals surface area contributed by atoms with E-state index in [1.54, 1.807) is 23.8 Å². The number of aromatic nitrogens is 4. The van der Waals surface area contributed by atoms with Gasteiger partial charge in [-0.05, 0) is 50.2 Å². The fourth-order valence-electron chi connectivity index (χ4n) is 3.38. The number of aryl methyl sites for hydroxylation is 1. The molecule has 0 unspecified atom stereocenters. The Morgan fingerprint density at radius 3 is 2.57 bits per heavy atom. The van der Waals surface area contributed by atoms with E-state index in [-0.39, 0.29) is 11.5 Å². The van der Waals surface area contributed by atoms with E-state index in [0.717, 1.165) is 22.8 Å². The molecule has 6 nitrogen and oxygen atoms in total. The predicted molar refractivity (Wildman–Crippen MR) is 120 cm³/mol. The van der Waals surface area contributed by atoms with Crippen LogP contribution in [0.25, 0.3) is 11.3 Å². The molecule has 0 N–H and O–H groups in total. The zero-order valence-corrected chi connectivity index (χ0v) is 18.8. The van der Waals surface area contributed by atoms with Crippen molar-refractivity contribution < 1.29 is 9.53 Å². The number of hydrogen-bond donors (Lipinski definition) is 0. The summed E-state index contributed by atoms with van der Waals surface area (Å²) in [7, 11) is 1.64. The molecule has 0 fully saturated rings. The van der Waals surface area contributed by atoms with Crippen LogP contribution in [0.1, 0.15) is 21.7 Å². The van der Waals surface area contributed by atoms with Gasteiger partial charge in [-0.2, -0.15) is 0 Å². The number of rotatable bonds is 6. The summed E-state index contributed by atoms with van der Waals surface area (Å²) < 4.78 is 8.98. The van der Waals surface area contributed by atoms with Crippen molar-refractivity contribution in [3.8, 4) is 11.4 Å². The fourth-order valence-corrected chi connectivity index (χ4v) is 4.68. The Kier molecular flexibility index (Phi) is 5.77. The number of ether oxygens (including phenoxy) is 1. The summed E-state index contributed by atoms with van der Waals surface area (Å²) in [4.78, 5) is 13.0. The molecule has 4 rings (SSSR count). The molecule has 4 aromatic rings. The molecule has 0 amide bonds. The summed E-state index contributed by atoms with van der Waals surface area (Å²) in [5.74, 6) is 1.02. The van der Waals surface area contributed by atoms with Gasteiger partial charge in [0.2, 0.25) is 0 Å². The SMILES string of the molecule is COc1ccc(-n2c(C)cc(C(=O)CSc3nnc4c(Cl)cc(Cl)cn34)c2C)cc1. The molecule has 0 aliphatic heterocycles. The molecular weight excluding hydrogens is 443 g/mol. The Morgan fingerprint density at radius 1 is 1.13 bits per heavy atom. The van der Waals surface area contributed by atoms with Crippen LogP contribution in [-0.2, 0) is 0 Å². The largest absolute Gasteiger partial charge is 0.497 e. The first-order chi connectivity index (χ1) is 14.4. The third-order valence-electron chi connectivity index (χ3n) is 4.79. The smallest absolute Gasteiger partial charge is 0.196 e. The average molecular weight is 461 g/mol. The maximum Gasteiger partial charge on any atom is 0.196 e. The first kappa shape index (κ1) is 20.8. The number of carbonyl (C=O) groups is 1. The minimum absolute atomic E-state index is 0.0118. The molecule has 3 heterocycles. The van der Waals surface area contributed by atoms with Crippen molar-refractivity contribution in [2.24, 2.45) is 0 Å². The normalized spacial score (nSPS) is 11.2. The third-order valence-corrected chi connectivity index (χ3v) is 6.22. The van der Waals surface area contributed by atoms with Crippen molar-refractivity contribution in [2.75, 3.05) is 12.9 Å². The summed E-state index contributed by atoms with van der Waals surface area (Å²) in [6.45, 7) is 3.93. The lowest BCUT2D eigenvalue weighted by molar-refractivity contribution is 0.102. The molecule has 9 heteroatoms. The minimum Gasteiger partial charge on any atom is -0.497 e. The Balaban J connectivity index is 1.57. The summed E-state index contributed by atoms with van der Waals surface area (Å²) in [6, 6.07) is 11.3. The van der Waals surface area contributed by atoms with Gasteiger partial charge >= 0.3 is 0 Å². The van der Waals surface area contributed by atoms with Crippen molar-refractivity contribution >= 4 is 46.4 Å². The number of thioether (sulfide) groups is 1. The predicted octanol–water partition coefficient (Wildman–Crippen LogP) is 5.43. The Hall–Kier alpha value is -2.48. The highest BCUT2D eigenvalue weighted by atomic mass is 35.5. The third kappa shape index (κ3) is 3.80. The number of nitrogens with zero attached hydrogens (tertiary/aromatic N) is 4. The van der Waals surface area contributed by atoms with Gasteiger partial charge in [-0.3, -0.25) is 9.20 Å². The van der Waals surface area contributed by atoms with E-state index >= 15 is 0 Å². The molecule has 0 atom stereocenters. The van der Waals surface area contributed by atoms with Crippen LogP contribution >= 0.6 is 35.0 Å². The van der Waals surface area contributed by atoms with Gasteiger partial charge < -0.3 is 9.30 Å². The van der Waals surface area contributed by atoms with Crippen LogP contribution in [0.4, 0.5) is 0 Å². The van der Waals surface area contributed by atoms with Gasteiger partial charge in [0.15, 0.2) is 16.6 Å². The summed E-state index contributed by atoms with van der Waals surface area (Å²) >= 11 is 13.5. The molecule has 1 aromatic carbocycles. The lowest BCUT2D eigenvalue weighted by Crippen LogP contribution is -2.06. The summed E-state index contributed by atoms with van der Waals surface area (Å²) in [6.07, 6.45) is 1.69. The quantitative estimate of drug-likeness (QED) is 0.283. The molecule has 0 spiro atoms. The molecule has 0 saturated heterocycles. The topological polar surface area (TPSA) is 61.4 Å². The van der Waals surface area contributed by atoms with E-state index in [1.165, 1.54) is 11.8 Å². The highest BCUT2D eigenvalue weighted by molar-refractivity contribution is 7.99. The maximum atomic E-state index is 13.0. The summed E-state index contributed by atoms with van der Waals surface area (Å²) in [5.41, 5.74) is 4.04. The molecule has 0 aliphatic rings. The molecule has 0 aliphatic carbocycles. The van der Waals surface area contributed by atoms with Crippen LogP contribution in [0.15, 0.2) is 47.8 Å². The molecule has 154 valence electrons. The van der Waals surface area contributed by atoms with Gasteiger partial charge in [0.1, 0.15) is 5.75 Å². The molecular formula is C21H18Cl2N4O2S. The number of benzene rings is 1. The number of fused-ring (bicyclic) bond motifs is 1. The van der Waals surface area contributed by atoms with E-state index < -0.39 is 0 Å². The lowest BCUT2D eigenvalue weighted by Gasteiger charge is -2.10. The lowest BCUT2D eigenvalue weighted by atomic mass is 10.2. The van der Waals surface area contributed by atoms with Crippen molar-refractivity contribution in [3.05, 3.63) is 69.6 Å². The highest BCUT2D eigenvalue weighted by Crippen LogP contribution is 2.27. The second-order valence-electron chi connectivity index (χ2n) is 6.71. The van der Waals surface area contributed by atoms with Gasteiger partial charge in [0, 0.05) is 28.8 Å². The number of halogens is 2. The monoisotopic (exact) mass is 460 g/mol. The zero-order valence-electron chi connectivity index (χ0n) is 16.5. The zero-order chi connectivity index (χ0) is 21.4. The molecule has 0 saturated carbocycles. The van der Waals surface area contributed by atoms with Gasteiger partial charge in [0.25, 0.3) is 0 Å². The fraction of sp³-hybridized carbons (Fsp3) is 0.190. The first-order valence-corrected chi connectivity index (χ1v) is 10.8. The van der Waals surface area contributed by atoms with E-state index in [0.29, 0.717) is 26.4 Å². The van der Waals surface area contributed by atoms with Gasteiger partial charge in [0.05, 0.1) is 22.9 Å². The van der Waals surface area contributed by atoms with Crippen molar-refractivity contribution in [3.63, 3.8) is 0 Å². The molecule has 0 bridgehead atoms. The van der Waals surface area contributed by atoms with Crippen LogP contribution in [0, 0.1) is 13.8 Å². The van der Waals surface area contributed by atoms with Crippen LogP contribution in [-0.4, -0.2) is 37.8 Å². The summed E-state index contributed by atoms with van der Waals surface area (Å²) in [5, 5.41) is 9.66. The van der Waals surface area contributed by atoms with Gasteiger partial charge in [-0.15, -0.1) is 10.2 Å². The van der Waals surface area contributed by atoms with E-state index in [9.17, 15) is 4.79 Å². The molecule has 3 aromatic heterocycles. The Labute approximate surface area is 187 Å². The van der Waals surface area contributed by atoms with Gasteiger partial charge in [-0.25, -0.2) is 0 Å². The Morgan fingerprint density at radius 2 is 1.87 bits per heavy atom. The van der Waals surface area contributed by atoms with Crippen LogP contribution in [0.5, 0.6) is 5.75 Å². The van der Waals surface area contributed by atoms with Crippen molar-refractivity contribution in [1.82, 2.24) is 19.2 Å². The van der Waals surface area contributed by atoms with Gasteiger partial charge in [-0.1, -0.05) is 35.0 Å². The van der Waals surface area contributed by atoms with Crippen LogP contribution in [0.2, 0.25) is 10.0 Å². The van der Waals surface area contributed by atoms with Crippen LogP contribution < -0.4 is 4.74 Å².